The number of hydrogen-bond donors (Lipinski definition) is 4. The summed E-state index contributed by atoms with van der Waals surface area (Å²) in [5.41, 5.74) is 13.3. The summed E-state index contributed by atoms with van der Waals surface area (Å²) in [6.07, 6.45) is -0.873. The summed E-state index contributed by atoms with van der Waals surface area (Å²) in [6, 6.07) is 6.95. The third-order valence-corrected chi connectivity index (χ3v) is 5.47. The molecule has 0 aromatic heterocycles. The Morgan fingerprint density at radius 1 is 1.32 bits per heavy atom. The highest BCUT2D eigenvalue weighted by molar-refractivity contribution is 5.96. The van der Waals surface area contributed by atoms with Crippen LogP contribution in [-0.4, -0.2) is 64.3 Å². The first-order valence-electron chi connectivity index (χ1n) is 9.56. The van der Waals surface area contributed by atoms with Gasteiger partial charge in [-0.25, -0.2) is 0 Å². The molecular formula is C20H32N4O4. The Hall–Kier alpha value is -2.00. The molecule has 6 N–H and O–H groups in total. The minimum Gasteiger partial charge on any atom is -0.481 e. The lowest BCUT2D eigenvalue weighted by atomic mass is 9.94. The summed E-state index contributed by atoms with van der Waals surface area (Å²) in [6.45, 7) is 6.88. The number of carboxylic acids is 1. The highest BCUT2D eigenvalue weighted by Gasteiger charge is 2.40. The molecule has 2 rings (SSSR count). The highest BCUT2D eigenvalue weighted by Crippen LogP contribution is 2.29. The number of piperazine rings is 1. The summed E-state index contributed by atoms with van der Waals surface area (Å²) < 4.78 is 0. The Bertz CT molecular complexity index is 709. The number of carbonyl (C=O) groups is 2. The Morgan fingerprint density at radius 2 is 1.96 bits per heavy atom. The number of aliphatic hydroxyl groups excluding tert-OH is 1. The molecule has 1 aromatic rings. The SMILES string of the molecule is CC(CC(O)C(N)CN1CC(=O)N(c2ccccc2CN)CC1(C)C)C(=O)O. The zero-order chi connectivity index (χ0) is 21.1. The van der Waals surface area contributed by atoms with Crippen LogP contribution in [0.25, 0.3) is 0 Å². The fourth-order valence-electron chi connectivity index (χ4n) is 3.53. The first kappa shape index (κ1) is 22.3. The van der Waals surface area contributed by atoms with Gasteiger partial charge in [0.1, 0.15) is 0 Å². The Balaban J connectivity index is 2.09. The van der Waals surface area contributed by atoms with E-state index in [9.17, 15) is 14.7 Å². The molecule has 28 heavy (non-hydrogen) atoms. The molecule has 156 valence electrons. The minimum absolute atomic E-state index is 0.0548. The summed E-state index contributed by atoms with van der Waals surface area (Å²) in [4.78, 5) is 27.5. The number of anilines is 1. The Kier molecular flexibility index (Phi) is 7.16. The molecule has 0 spiro atoms. The van der Waals surface area contributed by atoms with Crippen molar-refractivity contribution in [2.45, 2.75) is 51.4 Å². The van der Waals surface area contributed by atoms with Gasteiger partial charge in [0.2, 0.25) is 5.91 Å². The van der Waals surface area contributed by atoms with Gasteiger partial charge in [0, 0.05) is 36.9 Å². The van der Waals surface area contributed by atoms with Crippen molar-refractivity contribution < 1.29 is 19.8 Å². The van der Waals surface area contributed by atoms with Crippen LogP contribution < -0.4 is 16.4 Å². The molecular weight excluding hydrogens is 360 g/mol. The molecule has 1 aliphatic rings. The van der Waals surface area contributed by atoms with E-state index in [4.69, 9.17) is 16.6 Å². The van der Waals surface area contributed by atoms with Crippen molar-refractivity contribution in [3.05, 3.63) is 29.8 Å². The minimum atomic E-state index is -0.964. The van der Waals surface area contributed by atoms with Gasteiger partial charge in [-0.2, -0.15) is 0 Å². The van der Waals surface area contributed by atoms with Crippen LogP contribution in [0, 0.1) is 5.92 Å². The number of aliphatic carboxylic acids is 1. The number of carboxylic acid groups (broad SMARTS) is 1. The second-order valence-electron chi connectivity index (χ2n) is 8.21. The van der Waals surface area contributed by atoms with E-state index in [1.165, 1.54) is 0 Å². The van der Waals surface area contributed by atoms with E-state index in [0.29, 0.717) is 19.6 Å². The largest absolute Gasteiger partial charge is 0.481 e. The van der Waals surface area contributed by atoms with Gasteiger partial charge >= 0.3 is 5.97 Å². The third kappa shape index (κ3) is 5.08. The number of carbonyl (C=O) groups excluding carboxylic acids is 1. The van der Waals surface area contributed by atoms with E-state index in [0.717, 1.165) is 11.3 Å². The van der Waals surface area contributed by atoms with Gasteiger partial charge in [0.25, 0.3) is 0 Å². The van der Waals surface area contributed by atoms with Crippen molar-refractivity contribution in [2.75, 3.05) is 24.5 Å². The molecule has 0 radical (unpaired) electrons. The van der Waals surface area contributed by atoms with E-state index >= 15 is 0 Å². The molecule has 1 saturated heterocycles. The smallest absolute Gasteiger partial charge is 0.306 e. The zero-order valence-corrected chi connectivity index (χ0v) is 16.8. The highest BCUT2D eigenvalue weighted by atomic mass is 16.4. The lowest BCUT2D eigenvalue weighted by Crippen LogP contribution is -2.64. The van der Waals surface area contributed by atoms with E-state index in [2.05, 4.69) is 0 Å². The van der Waals surface area contributed by atoms with Crippen LogP contribution in [0.4, 0.5) is 5.69 Å². The average Bonchev–Trinajstić information content (AvgIpc) is 2.64. The summed E-state index contributed by atoms with van der Waals surface area (Å²) >= 11 is 0. The number of nitrogens with zero attached hydrogens (tertiary/aromatic N) is 2. The summed E-state index contributed by atoms with van der Waals surface area (Å²) in [7, 11) is 0. The monoisotopic (exact) mass is 392 g/mol. The molecule has 0 bridgehead atoms. The number of aliphatic hydroxyl groups is 1. The molecule has 0 saturated carbocycles. The van der Waals surface area contributed by atoms with Gasteiger partial charge in [-0.05, 0) is 31.9 Å². The second-order valence-corrected chi connectivity index (χ2v) is 8.21. The van der Waals surface area contributed by atoms with Crippen molar-refractivity contribution >= 4 is 17.6 Å². The fraction of sp³-hybridized carbons (Fsp3) is 0.600. The fourth-order valence-corrected chi connectivity index (χ4v) is 3.53. The Morgan fingerprint density at radius 3 is 2.57 bits per heavy atom. The predicted octanol–water partition coefficient (Wildman–Crippen LogP) is 0.372. The van der Waals surface area contributed by atoms with Gasteiger partial charge in [-0.1, -0.05) is 25.1 Å². The topological polar surface area (TPSA) is 133 Å². The van der Waals surface area contributed by atoms with Gasteiger partial charge < -0.3 is 26.6 Å². The van der Waals surface area contributed by atoms with Gasteiger partial charge in [0.15, 0.2) is 0 Å². The quantitative estimate of drug-likeness (QED) is 0.502. The summed E-state index contributed by atoms with van der Waals surface area (Å²) in [5, 5.41) is 19.3. The number of amides is 1. The van der Waals surface area contributed by atoms with E-state index in [1.807, 2.05) is 43.0 Å². The van der Waals surface area contributed by atoms with Gasteiger partial charge in [-0.15, -0.1) is 0 Å². The van der Waals surface area contributed by atoms with Crippen LogP contribution in [0.5, 0.6) is 0 Å². The van der Waals surface area contributed by atoms with Crippen LogP contribution in [0.1, 0.15) is 32.8 Å². The molecule has 1 fully saturated rings. The maximum absolute atomic E-state index is 12.8. The number of nitrogens with two attached hydrogens (primary N) is 2. The molecule has 8 heteroatoms. The molecule has 0 aliphatic carbocycles. The number of para-hydroxylation sites is 1. The van der Waals surface area contributed by atoms with Crippen LogP contribution in [0.2, 0.25) is 0 Å². The molecule has 3 atom stereocenters. The van der Waals surface area contributed by atoms with Crippen molar-refractivity contribution in [1.29, 1.82) is 0 Å². The lowest BCUT2D eigenvalue weighted by molar-refractivity contribution is -0.142. The summed E-state index contributed by atoms with van der Waals surface area (Å²) in [5.74, 6) is -1.70. The van der Waals surface area contributed by atoms with E-state index in [1.54, 1.807) is 11.8 Å². The number of rotatable bonds is 8. The van der Waals surface area contributed by atoms with Crippen LogP contribution >= 0.6 is 0 Å². The first-order chi connectivity index (χ1) is 13.1. The normalized spacial score (nSPS) is 20.6. The molecule has 3 unspecified atom stereocenters. The standard InChI is InChI=1S/C20H32N4O4/c1-13(19(27)28)8-17(25)15(22)10-23-11-18(26)24(12-20(23,2)3)16-7-5-4-6-14(16)9-21/h4-7,13,15,17,25H,8-12,21-22H2,1-3H3,(H,27,28). The molecule has 1 aliphatic heterocycles. The van der Waals surface area contributed by atoms with Crippen LogP contribution in [0.15, 0.2) is 24.3 Å². The van der Waals surface area contributed by atoms with Crippen molar-refractivity contribution in [3.63, 3.8) is 0 Å². The first-order valence-corrected chi connectivity index (χ1v) is 9.56. The van der Waals surface area contributed by atoms with Crippen molar-refractivity contribution in [3.8, 4) is 0 Å². The van der Waals surface area contributed by atoms with Crippen molar-refractivity contribution in [2.24, 2.45) is 17.4 Å². The lowest BCUT2D eigenvalue weighted by Gasteiger charge is -2.48. The second kappa shape index (κ2) is 9.00. The molecule has 8 nitrogen and oxygen atoms in total. The van der Waals surface area contributed by atoms with E-state index < -0.39 is 24.0 Å². The zero-order valence-electron chi connectivity index (χ0n) is 16.8. The van der Waals surface area contributed by atoms with Gasteiger partial charge in [-0.3, -0.25) is 14.5 Å². The third-order valence-electron chi connectivity index (χ3n) is 5.47. The van der Waals surface area contributed by atoms with Crippen molar-refractivity contribution in [1.82, 2.24) is 4.90 Å². The van der Waals surface area contributed by atoms with Gasteiger partial charge in [0.05, 0.1) is 18.6 Å². The Labute approximate surface area is 166 Å². The molecule has 1 heterocycles. The maximum atomic E-state index is 12.8. The number of hydrogen-bond acceptors (Lipinski definition) is 6. The molecule has 1 aromatic carbocycles. The average molecular weight is 393 g/mol. The molecule has 1 amide bonds. The predicted molar refractivity (Wildman–Crippen MR) is 108 cm³/mol. The van der Waals surface area contributed by atoms with Crippen LogP contribution in [-0.2, 0) is 16.1 Å². The van der Waals surface area contributed by atoms with E-state index in [-0.39, 0.29) is 24.4 Å². The number of benzene rings is 1. The maximum Gasteiger partial charge on any atom is 0.306 e. The van der Waals surface area contributed by atoms with Crippen LogP contribution in [0.3, 0.4) is 0 Å².